The first-order valence-electron chi connectivity index (χ1n) is 7.36. The summed E-state index contributed by atoms with van der Waals surface area (Å²) < 4.78 is 28.2. The van der Waals surface area contributed by atoms with Crippen LogP contribution in [0.2, 0.25) is 0 Å². The number of carbonyl (C=O) groups is 1. The fourth-order valence-corrected chi connectivity index (χ4v) is 3.80. The lowest BCUT2D eigenvalue weighted by Gasteiger charge is -2.28. The minimum Gasteiger partial charge on any atom is -0.274 e. The lowest BCUT2D eigenvalue weighted by atomic mass is 10.0. The lowest BCUT2D eigenvalue weighted by Crippen LogP contribution is -2.47. The van der Waals surface area contributed by atoms with Crippen LogP contribution in [0.5, 0.6) is 0 Å². The van der Waals surface area contributed by atoms with Gasteiger partial charge in [-0.25, -0.2) is 4.72 Å². The summed E-state index contributed by atoms with van der Waals surface area (Å²) >= 11 is 0. The molecular weight excluding hydrogens is 288 g/mol. The Kier molecular flexibility index (Phi) is 5.00. The largest absolute Gasteiger partial charge is 0.304 e. The van der Waals surface area contributed by atoms with Gasteiger partial charge in [0.1, 0.15) is 0 Å². The van der Waals surface area contributed by atoms with Crippen molar-refractivity contribution in [3.05, 3.63) is 35.4 Å². The molecule has 0 bridgehead atoms. The molecule has 1 aliphatic heterocycles. The van der Waals surface area contributed by atoms with Crippen LogP contribution in [0.1, 0.15) is 37.8 Å². The van der Waals surface area contributed by atoms with E-state index in [1.54, 1.807) is 0 Å². The van der Waals surface area contributed by atoms with Gasteiger partial charge in [-0.1, -0.05) is 38.1 Å². The second-order valence-corrected chi connectivity index (χ2v) is 7.01. The molecule has 0 spiro atoms. The molecule has 21 heavy (non-hydrogen) atoms. The van der Waals surface area contributed by atoms with E-state index in [0.29, 0.717) is 32.4 Å². The highest BCUT2D eigenvalue weighted by molar-refractivity contribution is 7.87. The van der Waals surface area contributed by atoms with E-state index in [9.17, 15) is 13.2 Å². The Hall–Kier alpha value is -1.40. The Morgan fingerprint density at radius 1 is 1.24 bits per heavy atom. The van der Waals surface area contributed by atoms with Crippen LogP contribution in [0.15, 0.2) is 24.3 Å². The third-order valence-electron chi connectivity index (χ3n) is 4.02. The van der Waals surface area contributed by atoms with Crippen LogP contribution in [0.3, 0.4) is 0 Å². The lowest BCUT2D eigenvalue weighted by molar-refractivity contribution is -0.123. The highest BCUT2D eigenvalue weighted by atomic mass is 32.2. The fraction of sp³-hybridized carbons (Fsp3) is 0.533. The van der Waals surface area contributed by atoms with Crippen molar-refractivity contribution < 1.29 is 13.2 Å². The van der Waals surface area contributed by atoms with E-state index in [1.165, 1.54) is 9.87 Å². The minimum atomic E-state index is -3.76. The molecule has 116 valence electrons. The monoisotopic (exact) mass is 310 g/mol. The molecule has 0 aromatic heterocycles. The minimum absolute atomic E-state index is 0.253. The molecule has 2 rings (SSSR count). The molecule has 1 N–H and O–H groups in total. The topological polar surface area (TPSA) is 66.5 Å². The van der Waals surface area contributed by atoms with E-state index in [4.69, 9.17) is 0 Å². The number of fused-ring (bicyclic) bond motifs is 1. The molecule has 0 unspecified atom stereocenters. The molecule has 0 atom stereocenters. The number of amides is 1. The van der Waals surface area contributed by atoms with Crippen molar-refractivity contribution >= 4 is 16.1 Å². The number of nitrogens with one attached hydrogen (secondary N) is 1. The molecule has 1 aromatic rings. The maximum atomic E-state index is 12.3. The number of rotatable bonds is 5. The summed E-state index contributed by atoms with van der Waals surface area (Å²) in [5.74, 6) is -0.657. The molecule has 1 aromatic carbocycles. The molecule has 0 saturated carbocycles. The van der Waals surface area contributed by atoms with Crippen LogP contribution < -0.4 is 4.72 Å². The Morgan fingerprint density at radius 2 is 1.86 bits per heavy atom. The number of nitrogens with zero attached hydrogens (tertiary/aromatic N) is 1. The van der Waals surface area contributed by atoms with Crippen molar-refractivity contribution in [2.75, 3.05) is 6.54 Å². The van der Waals surface area contributed by atoms with Gasteiger partial charge in [0.25, 0.3) is 0 Å². The fourth-order valence-electron chi connectivity index (χ4n) is 2.61. The van der Waals surface area contributed by atoms with Gasteiger partial charge in [0.2, 0.25) is 5.91 Å². The molecule has 1 aliphatic rings. The standard InChI is InChI=1S/C15H22N2O3S/c1-3-12(4-2)15(18)16-21(19,20)17-10-9-13-7-5-6-8-14(13)11-17/h5-8,12H,3-4,9-11H2,1-2H3,(H,16,18). The summed E-state index contributed by atoms with van der Waals surface area (Å²) in [5, 5.41) is 0. The summed E-state index contributed by atoms with van der Waals surface area (Å²) in [7, 11) is -3.76. The van der Waals surface area contributed by atoms with E-state index in [2.05, 4.69) is 4.72 Å². The van der Waals surface area contributed by atoms with Crippen molar-refractivity contribution in [3.8, 4) is 0 Å². The summed E-state index contributed by atoms with van der Waals surface area (Å²) in [4.78, 5) is 12.0. The molecule has 0 radical (unpaired) electrons. The summed E-state index contributed by atoms with van der Waals surface area (Å²) in [6.45, 7) is 4.50. The second kappa shape index (κ2) is 6.58. The third kappa shape index (κ3) is 3.63. The first-order chi connectivity index (χ1) is 9.97. The Balaban J connectivity index is 2.09. The predicted molar refractivity (Wildman–Crippen MR) is 81.7 cm³/mol. The van der Waals surface area contributed by atoms with Gasteiger partial charge in [0.05, 0.1) is 0 Å². The first-order valence-corrected chi connectivity index (χ1v) is 8.80. The molecule has 0 aliphatic carbocycles. The van der Waals surface area contributed by atoms with Gasteiger partial charge in [-0.15, -0.1) is 0 Å². The average Bonchev–Trinajstić information content (AvgIpc) is 2.47. The van der Waals surface area contributed by atoms with Gasteiger partial charge in [-0.3, -0.25) is 4.79 Å². The SMILES string of the molecule is CCC(CC)C(=O)NS(=O)(=O)N1CCc2ccccc2C1. The summed E-state index contributed by atoms with van der Waals surface area (Å²) in [6.07, 6.45) is 1.96. The summed E-state index contributed by atoms with van der Waals surface area (Å²) in [6, 6.07) is 7.80. The molecule has 0 saturated heterocycles. The predicted octanol–water partition coefficient (Wildman–Crippen LogP) is 1.84. The van der Waals surface area contributed by atoms with Crippen molar-refractivity contribution in [2.45, 2.75) is 39.7 Å². The number of hydrogen-bond donors (Lipinski definition) is 1. The second-order valence-electron chi connectivity index (χ2n) is 5.34. The number of benzene rings is 1. The number of hydrogen-bond acceptors (Lipinski definition) is 3. The van der Waals surface area contributed by atoms with Gasteiger partial charge in [-0.2, -0.15) is 12.7 Å². The smallest absolute Gasteiger partial charge is 0.274 e. The molecule has 1 amide bonds. The zero-order chi connectivity index (χ0) is 15.5. The highest BCUT2D eigenvalue weighted by Gasteiger charge is 2.29. The Bertz CT molecular complexity index is 609. The maximum Gasteiger partial charge on any atom is 0.304 e. The van der Waals surface area contributed by atoms with Crippen LogP contribution in [0.4, 0.5) is 0 Å². The van der Waals surface area contributed by atoms with Crippen LogP contribution in [-0.2, 0) is 28.0 Å². The van der Waals surface area contributed by atoms with Gasteiger partial charge in [0, 0.05) is 19.0 Å². The number of carbonyl (C=O) groups excluding carboxylic acids is 1. The van der Waals surface area contributed by atoms with E-state index >= 15 is 0 Å². The van der Waals surface area contributed by atoms with Crippen molar-refractivity contribution in [2.24, 2.45) is 5.92 Å². The summed E-state index contributed by atoms with van der Waals surface area (Å²) in [5.41, 5.74) is 2.18. The van der Waals surface area contributed by atoms with Crippen molar-refractivity contribution in [3.63, 3.8) is 0 Å². The Morgan fingerprint density at radius 3 is 2.48 bits per heavy atom. The van der Waals surface area contributed by atoms with Crippen LogP contribution >= 0.6 is 0 Å². The van der Waals surface area contributed by atoms with Crippen molar-refractivity contribution in [1.29, 1.82) is 0 Å². The average molecular weight is 310 g/mol. The molecule has 5 nitrogen and oxygen atoms in total. The maximum absolute atomic E-state index is 12.3. The van der Waals surface area contributed by atoms with Gasteiger partial charge >= 0.3 is 10.2 Å². The van der Waals surface area contributed by atoms with Crippen molar-refractivity contribution in [1.82, 2.24) is 9.03 Å². The normalized spacial score (nSPS) is 15.8. The molecule has 0 fully saturated rings. The van der Waals surface area contributed by atoms with Crippen LogP contribution in [0.25, 0.3) is 0 Å². The van der Waals surface area contributed by atoms with Crippen LogP contribution in [-0.4, -0.2) is 25.2 Å². The third-order valence-corrected chi connectivity index (χ3v) is 5.47. The molecular formula is C15H22N2O3S. The Labute approximate surface area is 126 Å². The van der Waals surface area contributed by atoms with E-state index in [1.807, 2.05) is 38.1 Å². The van der Waals surface area contributed by atoms with Gasteiger partial charge < -0.3 is 0 Å². The van der Waals surface area contributed by atoms with Crippen LogP contribution in [0, 0.1) is 5.92 Å². The quantitative estimate of drug-likeness (QED) is 0.902. The van der Waals surface area contributed by atoms with E-state index in [0.717, 1.165) is 5.56 Å². The van der Waals surface area contributed by atoms with Gasteiger partial charge in [0.15, 0.2) is 0 Å². The molecule has 1 heterocycles. The highest BCUT2D eigenvalue weighted by Crippen LogP contribution is 2.20. The first kappa shape index (κ1) is 16.0. The van der Waals surface area contributed by atoms with Gasteiger partial charge in [-0.05, 0) is 30.4 Å². The molecule has 6 heteroatoms. The van der Waals surface area contributed by atoms with E-state index in [-0.39, 0.29) is 5.92 Å². The zero-order valence-electron chi connectivity index (χ0n) is 12.5. The zero-order valence-corrected chi connectivity index (χ0v) is 13.3. The van der Waals surface area contributed by atoms with E-state index < -0.39 is 16.1 Å².